The molecule has 2 N–H and O–H groups in total. The smallest absolute Gasteiger partial charge is 0.251 e. The van der Waals surface area contributed by atoms with Gasteiger partial charge in [0.1, 0.15) is 5.82 Å². The summed E-state index contributed by atoms with van der Waals surface area (Å²) in [6.45, 7) is 4.49. The van der Waals surface area contributed by atoms with E-state index in [9.17, 15) is 9.90 Å². The highest BCUT2D eigenvalue weighted by Crippen LogP contribution is 2.30. The number of nitrogens with one attached hydrogen (secondary N) is 1. The summed E-state index contributed by atoms with van der Waals surface area (Å²) in [7, 11) is 0. The molecule has 1 aromatic heterocycles. The molecule has 0 radical (unpaired) electrons. The number of piperidine rings is 1. The lowest BCUT2D eigenvalue weighted by Gasteiger charge is -2.34. The van der Waals surface area contributed by atoms with Gasteiger partial charge >= 0.3 is 0 Å². The Morgan fingerprint density at radius 1 is 1.29 bits per heavy atom. The fourth-order valence-corrected chi connectivity index (χ4v) is 3.38. The van der Waals surface area contributed by atoms with Gasteiger partial charge in [-0.1, -0.05) is 37.3 Å². The molecule has 0 spiro atoms. The number of hydrogen-bond acceptors (Lipinski definition) is 4. The Balaban J connectivity index is 1.57. The average Bonchev–Trinajstić information content (AvgIpc) is 2.62. The van der Waals surface area contributed by atoms with Crippen molar-refractivity contribution in [3.8, 4) is 0 Å². The van der Waals surface area contributed by atoms with Crippen molar-refractivity contribution in [2.45, 2.75) is 38.8 Å². The van der Waals surface area contributed by atoms with Crippen LogP contribution >= 0.6 is 0 Å². The number of hydrogen-bond donors (Lipinski definition) is 2. The Morgan fingerprint density at radius 2 is 2.00 bits per heavy atom. The molecule has 1 aliphatic rings. The van der Waals surface area contributed by atoms with Crippen molar-refractivity contribution in [1.29, 1.82) is 0 Å². The lowest BCUT2D eigenvalue weighted by atomic mass is 9.87. The Kier molecular flexibility index (Phi) is 5.43. The second-order valence-corrected chi connectivity index (χ2v) is 6.51. The van der Waals surface area contributed by atoms with Crippen LogP contribution in [0.1, 0.15) is 43.0 Å². The molecule has 0 amide bonds. The zero-order valence-corrected chi connectivity index (χ0v) is 14.1. The van der Waals surface area contributed by atoms with Crippen LogP contribution in [0.4, 0.5) is 0 Å². The predicted molar refractivity (Wildman–Crippen MR) is 93.6 cm³/mol. The van der Waals surface area contributed by atoms with E-state index in [-0.39, 0.29) is 11.5 Å². The molecule has 2 heterocycles. The van der Waals surface area contributed by atoms with E-state index in [0.717, 1.165) is 49.4 Å². The van der Waals surface area contributed by atoms with E-state index in [1.807, 2.05) is 37.3 Å². The zero-order chi connectivity index (χ0) is 16.9. The molecular formula is C19H25N3O2. The molecule has 128 valence electrons. The number of aliphatic hydroxyl groups excluding tert-OH is 1. The molecule has 1 unspecified atom stereocenters. The summed E-state index contributed by atoms with van der Waals surface area (Å²) in [4.78, 5) is 21.3. The molecule has 2 aromatic rings. The molecule has 1 aromatic carbocycles. The topological polar surface area (TPSA) is 69.2 Å². The van der Waals surface area contributed by atoms with Crippen molar-refractivity contribution in [3.05, 3.63) is 63.8 Å². The first-order chi connectivity index (χ1) is 11.7. The molecule has 5 heteroatoms. The van der Waals surface area contributed by atoms with Crippen molar-refractivity contribution in [2.75, 3.05) is 13.1 Å². The molecule has 0 saturated carbocycles. The normalized spacial score (nSPS) is 17.8. The number of H-pyrrole nitrogens is 1. The minimum Gasteiger partial charge on any atom is -0.388 e. The van der Waals surface area contributed by atoms with Gasteiger partial charge in [0.05, 0.1) is 12.6 Å². The molecule has 24 heavy (non-hydrogen) atoms. The fourth-order valence-electron chi connectivity index (χ4n) is 3.38. The van der Waals surface area contributed by atoms with Gasteiger partial charge in [-0.3, -0.25) is 9.69 Å². The molecule has 1 aliphatic heterocycles. The van der Waals surface area contributed by atoms with Crippen LogP contribution in [0.25, 0.3) is 0 Å². The van der Waals surface area contributed by atoms with Crippen LogP contribution in [0.5, 0.6) is 0 Å². The number of rotatable bonds is 5. The molecule has 5 nitrogen and oxygen atoms in total. The number of likely N-dealkylation sites (tertiary alicyclic amines) is 1. The Labute approximate surface area is 142 Å². The first-order valence-electron chi connectivity index (χ1n) is 8.70. The van der Waals surface area contributed by atoms with Crippen LogP contribution in [-0.2, 0) is 13.0 Å². The molecule has 0 aliphatic carbocycles. The van der Waals surface area contributed by atoms with Gasteiger partial charge in [0.15, 0.2) is 0 Å². The first kappa shape index (κ1) is 16.9. The van der Waals surface area contributed by atoms with Crippen molar-refractivity contribution < 1.29 is 5.11 Å². The van der Waals surface area contributed by atoms with Crippen LogP contribution < -0.4 is 5.56 Å². The summed E-state index contributed by atoms with van der Waals surface area (Å²) in [6, 6.07) is 11.4. The second kappa shape index (κ2) is 7.73. The Bertz CT molecular complexity index is 706. The third kappa shape index (κ3) is 4.10. The van der Waals surface area contributed by atoms with Gasteiger partial charge in [0.2, 0.25) is 0 Å². The standard InChI is InChI=1S/C19H25N3O2/c1-2-16-12-18(23)21-17(20-16)13-22-10-8-15(9-11-22)19(24)14-6-4-3-5-7-14/h3-7,12,15,19,24H,2,8-11,13H2,1H3,(H,20,21,23). The van der Waals surface area contributed by atoms with E-state index in [2.05, 4.69) is 14.9 Å². The summed E-state index contributed by atoms with van der Waals surface area (Å²) < 4.78 is 0. The van der Waals surface area contributed by atoms with Crippen LogP contribution in [0.15, 0.2) is 41.2 Å². The van der Waals surface area contributed by atoms with Gasteiger partial charge in [-0.25, -0.2) is 4.98 Å². The van der Waals surface area contributed by atoms with Crippen LogP contribution in [0, 0.1) is 5.92 Å². The third-order valence-corrected chi connectivity index (χ3v) is 4.80. The Hall–Kier alpha value is -1.98. The van der Waals surface area contributed by atoms with Gasteiger partial charge in [-0.05, 0) is 43.8 Å². The van der Waals surface area contributed by atoms with Gasteiger partial charge in [0, 0.05) is 11.8 Å². The molecular weight excluding hydrogens is 302 g/mol. The number of nitrogens with zero attached hydrogens (tertiary/aromatic N) is 2. The highest BCUT2D eigenvalue weighted by molar-refractivity contribution is 5.18. The van der Waals surface area contributed by atoms with Crippen molar-refractivity contribution in [1.82, 2.24) is 14.9 Å². The highest BCUT2D eigenvalue weighted by atomic mass is 16.3. The SMILES string of the molecule is CCc1cc(=O)[nH]c(CN2CCC(C(O)c3ccccc3)CC2)n1. The van der Waals surface area contributed by atoms with E-state index in [4.69, 9.17) is 0 Å². The lowest BCUT2D eigenvalue weighted by molar-refractivity contribution is 0.0560. The monoisotopic (exact) mass is 327 g/mol. The van der Waals surface area contributed by atoms with E-state index >= 15 is 0 Å². The largest absolute Gasteiger partial charge is 0.388 e. The number of aliphatic hydroxyl groups is 1. The average molecular weight is 327 g/mol. The van der Waals surface area contributed by atoms with Gasteiger partial charge in [-0.15, -0.1) is 0 Å². The van der Waals surface area contributed by atoms with Crippen LogP contribution in [-0.4, -0.2) is 33.1 Å². The fraction of sp³-hybridized carbons (Fsp3) is 0.474. The first-order valence-corrected chi connectivity index (χ1v) is 8.70. The molecule has 1 atom stereocenters. The van der Waals surface area contributed by atoms with E-state index in [1.165, 1.54) is 0 Å². The zero-order valence-electron chi connectivity index (χ0n) is 14.1. The predicted octanol–water partition coefficient (Wildman–Crippen LogP) is 2.28. The minimum atomic E-state index is -0.394. The third-order valence-electron chi connectivity index (χ3n) is 4.80. The molecule has 0 bridgehead atoms. The number of aromatic nitrogens is 2. The summed E-state index contributed by atoms with van der Waals surface area (Å²) in [5.74, 6) is 1.03. The second-order valence-electron chi connectivity index (χ2n) is 6.51. The number of aromatic amines is 1. The molecule has 1 saturated heterocycles. The van der Waals surface area contributed by atoms with Crippen LogP contribution in [0.3, 0.4) is 0 Å². The number of aryl methyl sites for hydroxylation is 1. The summed E-state index contributed by atoms with van der Waals surface area (Å²) in [5, 5.41) is 10.5. The van der Waals surface area contributed by atoms with Crippen LogP contribution in [0.2, 0.25) is 0 Å². The van der Waals surface area contributed by atoms with E-state index in [0.29, 0.717) is 6.54 Å². The lowest BCUT2D eigenvalue weighted by Crippen LogP contribution is -2.36. The van der Waals surface area contributed by atoms with Crippen molar-refractivity contribution in [3.63, 3.8) is 0 Å². The van der Waals surface area contributed by atoms with Crippen molar-refractivity contribution >= 4 is 0 Å². The van der Waals surface area contributed by atoms with E-state index in [1.54, 1.807) is 6.07 Å². The van der Waals surface area contributed by atoms with E-state index < -0.39 is 6.10 Å². The van der Waals surface area contributed by atoms with Gasteiger partial charge < -0.3 is 10.1 Å². The summed E-state index contributed by atoms with van der Waals surface area (Å²) in [5.41, 5.74) is 1.76. The Morgan fingerprint density at radius 3 is 2.67 bits per heavy atom. The van der Waals surface area contributed by atoms with Gasteiger partial charge in [-0.2, -0.15) is 0 Å². The molecule has 3 rings (SSSR count). The number of benzene rings is 1. The summed E-state index contributed by atoms with van der Waals surface area (Å²) in [6.07, 6.45) is 2.28. The summed E-state index contributed by atoms with van der Waals surface area (Å²) >= 11 is 0. The van der Waals surface area contributed by atoms with Gasteiger partial charge in [0.25, 0.3) is 5.56 Å². The minimum absolute atomic E-state index is 0.0776. The molecule has 1 fully saturated rings. The van der Waals surface area contributed by atoms with Crippen molar-refractivity contribution in [2.24, 2.45) is 5.92 Å². The quantitative estimate of drug-likeness (QED) is 0.884. The maximum atomic E-state index is 11.7. The maximum Gasteiger partial charge on any atom is 0.251 e. The maximum absolute atomic E-state index is 11.7. The highest BCUT2D eigenvalue weighted by Gasteiger charge is 2.26.